The van der Waals surface area contributed by atoms with Gasteiger partial charge in [-0.05, 0) is 32.1 Å². The lowest BCUT2D eigenvalue weighted by atomic mass is 9.99. The number of rotatable bonds is 2. The van der Waals surface area contributed by atoms with Crippen molar-refractivity contribution in [1.82, 2.24) is 9.80 Å². The van der Waals surface area contributed by atoms with Gasteiger partial charge in [0, 0.05) is 25.2 Å². The number of ether oxygens (including phenoxy) is 1. The van der Waals surface area contributed by atoms with Crippen LogP contribution < -0.4 is 0 Å². The van der Waals surface area contributed by atoms with E-state index >= 15 is 0 Å². The predicted octanol–water partition coefficient (Wildman–Crippen LogP) is 0.594. The molecule has 2 saturated heterocycles. The first-order valence-corrected chi connectivity index (χ1v) is 6.91. The summed E-state index contributed by atoms with van der Waals surface area (Å²) >= 11 is 0. The molecule has 0 bridgehead atoms. The van der Waals surface area contributed by atoms with Gasteiger partial charge in [-0.15, -0.1) is 0 Å². The van der Waals surface area contributed by atoms with Crippen LogP contribution in [0.25, 0.3) is 0 Å². The maximum absolute atomic E-state index is 12.4. The van der Waals surface area contributed by atoms with Gasteiger partial charge in [-0.25, -0.2) is 0 Å². The van der Waals surface area contributed by atoms with Gasteiger partial charge >= 0.3 is 0 Å². The molecule has 1 saturated carbocycles. The largest absolute Gasteiger partial charge is 0.381 e. The SMILES string of the molecule is O=C(C1CCCOCC1)N1CC(=O)N(C2CC2)C1. The molecule has 1 unspecified atom stereocenters. The fraction of sp³-hybridized carbons (Fsp3) is 0.846. The Morgan fingerprint density at radius 3 is 2.78 bits per heavy atom. The zero-order valence-electron chi connectivity index (χ0n) is 10.6. The summed E-state index contributed by atoms with van der Waals surface area (Å²) in [5.41, 5.74) is 0. The molecular weight excluding hydrogens is 232 g/mol. The maximum atomic E-state index is 12.4. The molecule has 0 aromatic rings. The molecule has 18 heavy (non-hydrogen) atoms. The summed E-state index contributed by atoms with van der Waals surface area (Å²) < 4.78 is 5.38. The van der Waals surface area contributed by atoms with Gasteiger partial charge in [0.25, 0.3) is 0 Å². The highest BCUT2D eigenvalue weighted by Gasteiger charge is 2.41. The third-order valence-corrected chi connectivity index (χ3v) is 4.07. The molecule has 0 N–H and O–H groups in total. The van der Waals surface area contributed by atoms with Gasteiger partial charge in [0.2, 0.25) is 11.8 Å². The van der Waals surface area contributed by atoms with Gasteiger partial charge < -0.3 is 14.5 Å². The lowest BCUT2D eigenvalue weighted by Gasteiger charge is -2.22. The predicted molar refractivity (Wildman–Crippen MR) is 64.6 cm³/mol. The zero-order chi connectivity index (χ0) is 12.5. The Morgan fingerprint density at radius 2 is 2.00 bits per heavy atom. The van der Waals surface area contributed by atoms with E-state index in [1.807, 2.05) is 4.90 Å². The second-order valence-corrected chi connectivity index (χ2v) is 5.51. The molecule has 0 aromatic heterocycles. The van der Waals surface area contributed by atoms with Gasteiger partial charge in [0.15, 0.2) is 0 Å². The smallest absolute Gasteiger partial charge is 0.243 e. The second kappa shape index (κ2) is 4.88. The summed E-state index contributed by atoms with van der Waals surface area (Å²) in [4.78, 5) is 27.8. The van der Waals surface area contributed by atoms with E-state index in [1.165, 1.54) is 0 Å². The molecular formula is C13H20N2O3. The van der Waals surface area contributed by atoms with Crippen LogP contribution in [0.4, 0.5) is 0 Å². The van der Waals surface area contributed by atoms with E-state index in [-0.39, 0.29) is 24.3 Å². The van der Waals surface area contributed by atoms with Gasteiger partial charge in [-0.3, -0.25) is 9.59 Å². The van der Waals surface area contributed by atoms with Crippen LogP contribution >= 0.6 is 0 Å². The molecule has 3 rings (SSSR count). The van der Waals surface area contributed by atoms with Crippen LogP contribution in [0, 0.1) is 5.92 Å². The lowest BCUT2D eigenvalue weighted by molar-refractivity contribution is -0.136. The first-order chi connectivity index (χ1) is 8.75. The highest BCUT2D eigenvalue weighted by Crippen LogP contribution is 2.30. The number of amides is 2. The Bertz CT molecular complexity index is 346. The monoisotopic (exact) mass is 252 g/mol. The molecule has 1 atom stereocenters. The summed E-state index contributed by atoms with van der Waals surface area (Å²) in [5.74, 6) is 0.326. The molecule has 2 amide bonds. The minimum atomic E-state index is 0.0550. The Kier molecular flexibility index (Phi) is 3.24. The maximum Gasteiger partial charge on any atom is 0.243 e. The highest BCUT2D eigenvalue weighted by atomic mass is 16.5. The van der Waals surface area contributed by atoms with E-state index in [0.29, 0.717) is 19.3 Å². The molecule has 100 valence electrons. The standard InChI is InChI=1S/C13H20N2O3/c16-12-8-14(9-15(12)11-3-4-11)13(17)10-2-1-6-18-7-5-10/h10-11H,1-9H2. The van der Waals surface area contributed by atoms with E-state index in [9.17, 15) is 9.59 Å². The van der Waals surface area contributed by atoms with Crippen molar-refractivity contribution in [3.05, 3.63) is 0 Å². The fourth-order valence-corrected chi connectivity index (χ4v) is 2.83. The molecule has 3 aliphatic rings. The Morgan fingerprint density at radius 1 is 1.17 bits per heavy atom. The van der Waals surface area contributed by atoms with E-state index in [4.69, 9.17) is 4.74 Å². The normalized spacial score (nSPS) is 29.6. The highest BCUT2D eigenvalue weighted by molar-refractivity contribution is 5.89. The minimum absolute atomic E-state index is 0.0550. The molecule has 2 heterocycles. The van der Waals surface area contributed by atoms with Crippen LogP contribution in [-0.2, 0) is 14.3 Å². The third kappa shape index (κ3) is 2.36. The molecule has 3 fully saturated rings. The molecule has 2 aliphatic heterocycles. The fourth-order valence-electron chi connectivity index (χ4n) is 2.83. The van der Waals surface area contributed by atoms with Crippen molar-refractivity contribution in [2.24, 2.45) is 5.92 Å². The van der Waals surface area contributed by atoms with Crippen LogP contribution in [0.5, 0.6) is 0 Å². The molecule has 0 spiro atoms. The molecule has 1 aliphatic carbocycles. The topological polar surface area (TPSA) is 49.9 Å². The van der Waals surface area contributed by atoms with Crippen LogP contribution in [0.3, 0.4) is 0 Å². The Labute approximate surface area is 107 Å². The van der Waals surface area contributed by atoms with E-state index in [2.05, 4.69) is 0 Å². The van der Waals surface area contributed by atoms with Crippen molar-refractivity contribution in [2.45, 2.75) is 38.1 Å². The van der Waals surface area contributed by atoms with E-state index < -0.39 is 0 Å². The van der Waals surface area contributed by atoms with E-state index in [1.54, 1.807) is 4.90 Å². The molecule has 0 aromatic carbocycles. The average molecular weight is 252 g/mol. The van der Waals surface area contributed by atoms with Gasteiger partial charge in [-0.2, -0.15) is 0 Å². The van der Waals surface area contributed by atoms with Crippen LogP contribution in [-0.4, -0.2) is 54.1 Å². The van der Waals surface area contributed by atoms with Gasteiger partial charge in [0.1, 0.15) is 6.54 Å². The number of nitrogens with zero attached hydrogens (tertiary/aromatic N) is 2. The lowest BCUT2D eigenvalue weighted by Crippen LogP contribution is -2.36. The average Bonchev–Trinajstić information content (AvgIpc) is 3.16. The number of carbonyl (C=O) groups excluding carboxylic acids is 2. The number of hydrogen-bond donors (Lipinski definition) is 0. The Balaban J connectivity index is 1.60. The van der Waals surface area contributed by atoms with Crippen LogP contribution in [0.2, 0.25) is 0 Å². The summed E-state index contributed by atoms with van der Waals surface area (Å²) in [5, 5.41) is 0. The minimum Gasteiger partial charge on any atom is -0.381 e. The van der Waals surface area contributed by atoms with Crippen molar-refractivity contribution in [3.63, 3.8) is 0 Å². The number of carbonyl (C=O) groups is 2. The van der Waals surface area contributed by atoms with Crippen molar-refractivity contribution in [1.29, 1.82) is 0 Å². The van der Waals surface area contributed by atoms with Crippen molar-refractivity contribution < 1.29 is 14.3 Å². The first-order valence-electron chi connectivity index (χ1n) is 6.91. The van der Waals surface area contributed by atoms with Crippen molar-refractivity contribution in [2.75, 3.05) is 26.4 Å². The van der Waals surface area contributed by atoms with Crippen LogP contribution in [0.15, 0.2) is 0 Å². The quantitative estimate of drug-likeness (QED) is 0.723. The second-order valence-electron chi connectivity index (χ2n) is 5.51. The van der Waals surface area contributed by atoms with Crippen LogP contribution in [0.1, 0.15) is 32.1 Å². The summed E-state index contributed by atoms with van der Waals surface area (Å²) in [6.45, 7) is 2.23. The van der Waals surface area contributed by atoms with Gasteiger partial charge in [0.05, 0.1) is 6.67 Å². The van der Waals surface area contributed by atoms with Crippen molar-refractivity contribution >= 4 is 11.8 Å². The summed E-state index contributed by atoms with van der Waals surface area (Å²) in [6, 6.07) is 0.410. The van der Waals surface area contributed by atoms with E-state index in [0.717, 1.165) is 38.7 Å². The first kappa shape index (κ1) is 12.0. The summed E-state index contributed by atoms with van der Waals surface area (Å²) in [6.07, 6.45) is 4.85. The number of hydrogen-bond acceptors (Lipinski definition) is 3. The zero-order valence-corrected chi connectivity index (χ0v) is 10.6. The molecule has 5 nitrogen and oxygen atoms in total. The molecule has 0 radical (unpaired) electrons. The third-order valence-electron chi connectivity index (χ3n) is 4.07. The Hall–Kier alpha value is -1.10. The van der Waals surface area contributed by atoms with Gasteiger partial charge in [-0.1, -0.05) is 0 Å². The summed E-state index contributed by atoms with van der Waals surface area (Å²) in [7, 11) is 0. The molecule has 5 heteroatoms. The van der Waals surface area contributed by atoms with Crippen molar-refractivity contribution in [3.8, 4) is 0 Å².